The van der Waals surface area contributed by atoms with Crippen LogP contribution in [0.2, 0.25) is 10.3 Å². The van der Waals surface area contributed by atoms with E-state index >= 15 is 0 Å². The van der Waals surface area contributed by atoms with Crippen molar-refractivity contribution in [1.29, 1.82) is 0 Å². The largest absolute Gasteiger partial charge is 0.361 e. The van der Waals surface area contributed by atoms with E-state index in [1.165, 1.54) is 11.3 Å². The number of hydrazine groups is 1. The van der Waals surface area contributed by atoms with Gasteiger partial charge in [-0.1, -0.05) is 23.2 Å². The minimum Gasteiger partial charge on any atom is -0.361 e. The minimum absolute atomic E-state index is 0.0286. The lowest BCUT2D eigenvalue weighted by atomic mass is 10.4. The molecule has 0 aliphatic rings. The average molecular weight is 435 g/mol. The molecule has 3 aromatic rings. The van der Waals surface area contributed by atoms with Crippen LogP contribution < -0.4 is 16.6 Å². The first kappa shape index (κ1) is 21.1. The van der Waals surface area contributed by atoms with Crippen molar-refractivity contribution >= 4 is 46.2 Å². The lowest BCUT2D eigenvalue weighted by Gasteiger charge is -2.08. The van der Waals surface area contributed by atoms with E-state index in [1.54, 1.807) is 20.0 Å². The zero-order valence-corrected chi connectivity index (χ0v) is 16.4. The Morgan fingerprint density at radius 1 is 1.00 bits per heavy atom. The smallest absolute Gasteiger partial charge is 0.208 e. The number of thiazole rings is 1. The van der Waals surface area contributed by atoms with Gasteiger partial charge in [0.15, 0.2) is 27.8 Å². The molecule has 3 heterocycles. The molecule has 3 aromatic heterocycles. The number of aryl methyl sites for hydroxylation is 2. The van der Waals surface area contributed by atoms with Crippen LogP contribution in [0.3, 0.4) is 0 Å². The number of nitrogens with two attached hydrogens (primary N) is 1. The lowest BCUT2D eigenvalue weighted by Crippen LogP contribution is -2.14. The van der Waals surface area contributed by atoms with Crippen molar-refractivity contribution in [2.75, 3.05) is 10.7 Å². The number of nitrogens with zero attached hydrogens (tertiary/aromatic N) is 5. The molecule has 8 nitrogen and oxygen atoms in total. The summed E-state index contributed by atoms with van der Waals surface area (Å²) in [5, 5.41) is 5.08. The number of nitrogens with one attached hydrogen (secondary N) is 2. The molecule has 13 heteroatoms. The molecule has 0 fully saturated rings. The molecule has 0 aliphatic carbocycles. The second-order valence-corrected chi connectivity index (χ2v) is 6.57. The molecule has 0 saturated carbocycles. The van der Waals surface area contributed by atoms with Crippen LogP contribution in [0.5, 0.6) is 0 Å². The third kappa shape index (κ3) is 5.89. The van der Waals surface area contributed by atoms with E-state index in [2.05, 4.69) is 35.7 Å². The molecule has 0 radical (unpaired) electrons. The Hall–Kier alpha value is -2.21. The Kier molecular flexibility index (Phi) is 7.54. The highest BCUT2D eigenvalue weighted by molar-refractivity contribution is 7.09. The van der Waals surface area contributed by atoms with Gasteiger partial charge >= 0.3 is 0 Å². The lowest BCUT2D eigenvalue weighted by molar-refractivity contribution is 0.612. The van der Waals surface area contributed by atoms with Crippen LogP contribution in [0, 0.1) is 25.5 Å². The highest BCUT2D eigenvalue weighted by Gasteiger charge is 2.12. The maximum Gasteiger partial charge on any atom is 0.208 e. The van der Waals surface area contributed by atoms with E-state index in [9.17, 15) is 8.78 Å². The Labute approximate surface area is 167 Å². The number of rotatable bonds is 4. The van der Waals surface area contributed by atoms with Crippen molar-refractivity contribution < 1.29 is 8.78 Å². The first-order valence-electron chi connectivity index (χ1n) is 7.30. The molecular formula is C14H14Cl2F2N8S. The van der Waals surface area contributed by atoms with Gasteiger partial charge in [-0.3, -0.25) is 0 Å². The first-order chi connectivity index (χ1) is 12.8. The van der Waals surface area contributed by atoms with E-state index in [0.717, 1.165) is 5.01 Å². The van der Waals surface area contributed by atoms with E-state index in [0.29, 0.717) is 18.2 Å². The quantitative estimate of drug-likeness (QED) is 0.324. The van der Waals surface area contributed by atoms with Gasteiger partial charge in [0, 0.05) is 11.6 Å². The summed E-state index contributed by atoms with van der Waals surface area (Å²) in [5.41, 5.74) is 2.19. The van der Waals surface area contributed by atoms with Gasteiger partial charge in [0.2, 0.25) is 5.82 Å². The number of hydrogen-bond acceptors (Lipinski definition) is 9. The SMILES string of the molecule is Cc1nc(Cl)c(F)c(Cl)n1.Cc1nc(NN)c(F)c(NCc2nccs2)n1. The fraction of sp³-hybridized carbons (Fsp3) is 0.214. The molecule has 0 amide bonds. The van der Waals surface area contributed by atoms with Gasteiger partial charge in [0.05, 0.1) is 6.54 Å². The third-order valence-electron chi connectivity index (χ3n) is 2.87. The molecule has 0 bridgehead atoms. The Balaban J connectivity index is 0.000000223. The number of hydrogen-bond donors (Lipinski definition) is 3. The van der Waals surface area contributed by atoms with Crippen LogP contribution in [-0.2, 0) is 6.54 Å². The minimum atomic E-state index is -0.770. The van der Waals surface area contributed by atoms with Gasteiger partial charge in [-0.25, -0.2) is 35.2 Å². The molecule has 0 aliphatic heterocycles. The third-order valence-corrected chi connectivity index (χ3v) is 4.15. The summed E-state index contributed by atoms with van der Waals surface area (Å²) in [6, 6.07) is 0. The fourth-order valence-electron chi connectivity index (χ4n) is 1.76. The number of aromatic nitrogens is 5. The van der Waals surface area contributed by atoms with Gasteiger partial charge in [-0.05, 0) is 13.8 Å². The molecular weight excluding hydrogens is 421 g/mol. The normalized spacial score (nSPS) is 10.2. The molecule has 27 heavy (non-hydrogen) atoms. The van der Waals surface area contributed by atoms with Gasteiger partial charge in [-0.15, -0.1) is 11.3 Å². The summed E-state index contributed by atoms with van der Waals surface area (Å²) in [6.45, 7) is 3.65. The van der Waals surface area contributed by atoms with Crippen LogP contribution in [-0.4, -0.2) is 24.9 Å². The molecule has 4 N–H and O–H groups in total. The Morgan fingerprint density at radius 2 is 1.59 bits per heavy atom. The molecule has 144 valence electrons. The molecule has 0 unspecified atom stereocenters. The monoisotopic (exact) mass is 434 g/mol. The molecule has 0 saturated heterocycles. The second kappa shape index (κ2) is 9.65. The highest BCUT2D eigenvalue weighted by Crippen LogP contribution is 2.19. The highest BCUT2D eigenvalue weighted by atomic mass is 35.5. The van der Waals surface area contributed by atoms with Crippen molar-refractivity contribution in [3.8, 4) is 0 Å². The first-order valence-corrected chi connectivity index (χ1v) is 8.93. The average Bonchev–Trinajstić information content (AvgIpc) is 3.14. The zero-order chi connectivity index (χ0) is 20.0. The van der Waals surface area contributed by atoms with E-state index in [1.807, 2.05) is 5.38 Å². The van der Waals surface area contributed by atoms with Crippen molar-refractivity contribution in [3.05, 3.63) is 50.2 Å². The van der Waals surface area contributed by atoms with Gasteiger partial charge in [0.25, 0.3) is 0 Å². The summed E-state index contributed by atoms with van der Waals surface area (Å²) in [5.74, 6) is 4.66. The van der Waals surface area contributed by atoms with Crippen LogP contribution in [0.4, 0.5) is 20.4 Å². The summed E-state index contributed by atoms with van der Waals surface area (Å²) >= 11 is 12.1. The predicted octanol–water partition coefficient (Wildman–Crippen LogP) is 3.51. The van der Waals surface area contributed by atoms with Gasteiger partial charge in [0.1, 0.15) is 16.7 Å². The number of nitrogen functional groups attached to an aromatic ring is 1. The van der Waals surface area contributed by atoms with Crippen molar-refractivity contribution in [1.82, 2.24) is 24.9 Å². The fourth-order valence-corrected chi connectivity index (χ4v) is 2.79. The molecule has 0 atom stereocenters. The standard InChI is InChI=1S/C9H11FN6S.C5H3Cl2FN2/c1-5-14-8(7(10)9(15-5)16-11)13-4-6-12-2-3-17-6;1-2-9-4(6)3(8)5(7)10-2/h2-3H,4,11H2,1H3,(H2,13,14,15,16);1H3. The zero-order valence-electron chi connectivity index (χ0n) is 14.1. The predicted molar refractivity (Wildman–Crippen MR) is 101 cm³/mol. The van der Waals surface area contributed by atoms with Crippen LogP contribution in [0.1, 0.15) is 16.7 Å². The van der Waals surface area contributed by atoms with Crippen molar-refractivity contribution in [2.45, 2.75) is 20.4 Å². The Bertz CT molecular complexity index is 887. The Morgan fingerprint density at radius 3 is 2.15 bits per heavy atom. The summed E-state index contributed by atoms with van der Waals surface area (Å²) in [7, 11) is 0. The van der Waals surface area contributed by atoms with Crippen LogP contribution in [0.25, 0.3) is 0 Å². The van der Waals surface area contributed by atoms with Gasteiger partial charge < -0.3 is 10.7 Å². The van der Waals surface area contributed by atoms with Crippen molar-refractivity contribution in [2.24, 2.45) is 5.84 Å². The number of halogens is 4. The van der Waals surface area contributed by atoms with Crippen LogP contribution >= 0.6 is 34.5 Å². The van der Waals surface area contributed by atoms with E-state index < -0.39 is 11.6 Å². The van der Waals surface area contributed by atoms with E-state index in [4.69, 9.17) is 29.0 Å². The maximum absolute atomic E-state index is 13.7. The second-order valence-electron chi connectivity index (χ2n) is 4.87. The molecule has 3 rings (SSSR count). The van der Waals surface area contributed by atoms with Crippen LogP contribution in [0.15, 0.2) is 11.6 Å². The summed E-state index contributed by atoms with van der Waals surface area (Å²) < 4.78 is 26.3. The maximum atomic E-state index is 13.7. The summed E-state index contributed by atoms with van der Waals surface area (Å²) in [6.07, 6.45) is 1.69. The topological polar surface area (TPSA) is 115 Å². The van der Waals surface area contributed by atoms with Gasteiger partial charge in [-0.2, -0.15) is 4.39 Å². The number of anilines is 2. The molecule has 0 aromatic carbocycles. The van der Waals surface area contributed by atoms with E-state index in [-0.39, 0.29) is 21.9 Å². The van der Waals surface area contributed by atoms with Crippen molar-refractivity contribution in [3.63, 3.8) is 0 Å². The summed E-state index contributed by atoms with van der Waals surface area (Å²) in [4.78, 5) is 18.9. The molecule has 0 spiro atoms.